The van der Waals surface area contributed by atoms with Gasteiger partial charge >= 0.3 is 0 Å². The fourth-order valence-corrected chi connectivity index (χ4v) is 6.21. The van der Waals surface area contributed by atoms with Crippen molar-refractivity contribution in [2.45, 2.75) is 45.4 Å². The van der Waals surface area contributed by atoms with Crippen LogP contribution in [0.4, 0.5) is 5.69 Å². The highest BCUT2D eigenvalue weighted by Crippen LogP contribution is 2.30. The first kappa shape index (κ1) is 26.5. The van der Waals surface area contributed by atoms with E-state index in [2.05, 4.69) is 10.5 Å². The number of rotatable bonds is 7. The van der Waals surface area contributed by atoms with E-state index in [0.717, 1.165) is 16.7 Å². The lowest BCUT2D eigenvalue weighted by molar-refractivity contribution is -0.120. The van der Waals surface area contributed by atoms with Crippen molar-refractivity contribution in [1.82, 2.24) is 9.46 Å². The number of ketones is 1. The average molecular weight is 522 g/mol. The van der Waals surface area contributed by atoms with Crippen LogP contribution in [0, 0.1) is 26.7 Å². The Hall–Kier alpha value is -3.56. The van der Waals surface area contributed by atoms with Crippen LogP contribution in [0.2, 0.25) is 0 Å². The summed E-state index contributed by atoms with van der Waals surface area (Å²) in [5.41, 5.74) is 4.51. The Bertz CT molecular complexity index is 1460. The molecule has 0 unspecified atom stereocenters. The molecule has 0 bridgehead atoms. The van der Waals surface area contributed by atoms with Gasteiger partial charge in [0.2, 0.25) is 15.9 Å². The molecule has 37 heavy (non-hydrogen) atoms. The van der Waals surface area contributed by atoms with Gasteiger partial charge in [-0.15, -0.1) is 0 Å². The minimum absolute atomic E-state index is 0.0231. The predicted octanol–water partition coefficient (Wildman–Crippen LogP) is 5.01. The van der Waals surface area contributed by atoms with E-state index in [0.29, 0.717) is 30.6 Å². The largest absolute Gasteiger partial charge is 0.355 e. The van der Waals surface area contributed by atoms with Crippen LogP contribution in [0.25, 0.3) is 12.2 Å². The van der Waals surface area contributed by atoms with Gasteiger partial charge in [-0.05, 0) is 82.0 Å². The van der Waals surface area contributed by atoms with Gasteiger partial charge in [0.1, 0.15) is 5.69 Å². The standard InChI is InChI=1S/C28H31N3O5S/c1-18-7-8-19(2)23(16-18)11-14-26-27(20(3)30-36-26)37(34,35)31-15-5-6-24(17-31)28(33)29-25-12-9-22(10-13-25)21(4)32/h7-14,16,24H,5-6,15,17H2,1-4H3,(H,29,33)/b14-11+/t24-/m0/s1. The molecule has 2 aromatic carbocycles. The molecule has 1 atom stereocenters. The molecular weight excluding hydrogens is 490 g/mol. The summed E-state index contributed by atoms with van der Waals surface area (Å²) in [6.07, 6.45) is 4.59. The average Bonchev–Trinajstić information content (AvgIpc) is 3.26. The highest BCUT2D eigenvalue weighted by molar-refractivity contribution is 7.89. The predicted molar refractivity (Wildman–Crippen MR) is 143 cm³/mol. The van der Waals surface area contributed by atoms with E-state index in [1.807, 2.05) is 38.1 Å². The van der Waals surface area contributed by atoms with Crippen molar-refractivity contribution >= 4 is 39.6 Å². The Labute approximate surface area is 217 Å². The van der Waals surface area contributed by atoms with Gasteiger partial charge in [0.15, 0.2) is 16.4 Å². The lowest BCUT2D eigenvalue weighted by Gasteiger charge is -2.31. The van der Waals surface area contributed by atoms with Crippen LogP contribution in [-0.4, -0.2) is 42.7 Å². The lowest BCUT2D eigenvalue weighted by atomic mass is 9.98. The van der Waals surface area contributed by atoms with Gasteiger partial charge in [-0.25, -0.2) is 8.42 Å². The first-order valence-corrected chi connectivity index (χ1v) is 13.6. The number of anilines is 1. The molecule has 4 rings (SSSR count). The number of sulfonamides is 1. The molecule has 0 radical (unpaired) electrons. The molecule has 9 heteroatoms. The summed E-state index contributed by atoms with van der Waals surface area (Å²) in [5.74, 6) is -0.661. The molecule has 0 saturated carbocycles. The van der Waals surface area contributed by atoms with Crippen molar-refractivity contribution < 1.29 is 22.5 Å². The van der Waals surface area contributed by atoms with Crippen molar-refractivity contribution in [3.8, 4) is 0 Å². The normalized spacial score (nSPS) is 16.7. The lowest BCUT2D eigenvalue weighted by Crippen LogP contribution is -2.43. The first-order chi connectivity index (χ1) is 17.6. The Morgan fingerprint density at radius 3 is 2.51 bits per heavy atom. The topological polar surface area (TPSA) is 110 Å². The fourth-order valence-electron chi connectivity index (χ4n) is 4.44. The molecular formula is C28H31N3O5S. The summed E-state index contributed by atoms with van der Waals surface area (Å²) in [6, 6.07) is 12.7. The second-order valence-electron chi connectivity index (χ2n) is 9.48. The number of nitrogens with one attached hydrogen (secondary N) is 1. The highest BCUT2D eigenvalue weighted by Gasteiger charge is 2.37. The Morgan fingerprint density at radius 2 is 1.81 bits per heavy atom. The first-order valence-electron chi connectivity index (χ1n) is 12.2. The number of carbonyl (C=O) groups excluding carboxylic acids is 2. The Morgan fingerprint density at radius 1 is 1.08 bits per heavy atom. The Kier molecular flexibility index (Phi) is 7.75. The van der Waals surface area contributed by atoms with Crippen LogP contribution in [0.3, 0.4) is 0 Å². The maximum atomic E-state index is 13.7. The zero-order valence-corrected chi connectivity index (χ0v) is 22.3. The summed E-state index contributed by atoms with van der Waals surface area (Å²) in [5, 5.41) is 6.77. The van der Waals surface area contributed by atoms with Crippen LogP contribution in [0.5, 0.6) is 0 Å². The monoisotopic (exact) mass is 521 g/mol. The summed E-state index contributed by atoms with van der Waals surface area (Å²) >= 11 is 0. The van der Waals surface area contributed by atoms with Gasteiger partial charge < -0.3 is 9.84 Å². The number of hydrogen-bond donors (Lipinski definition) is 1. The molecule has 1 aromatic heterocycles. The molecule has 8 nitrogen and oxygen atoms in total. The maximum absolute atomic E-state index is 13.7. The van der Waals surface area contributed by atoms with Crippen LogP contribution in [-0.2, 0) is 14.8 Å². The third-order valence-corrected chi connectivity index (χ3v) is 8.62. The summed E-state index contributed by atoms with van der Waals surface area (Å²) < 4.78 is 34.1. The van der Waals surface area contributed by atoms with Crippen LogP contribution < -0.4 is 5.32 Å². The number of aryl methyl sites for hydroxylation is 3. The molecule has 2 heterocycles. The van der Waals surface area contributed by atoms with Crippen LogP contribution in [0.1, 0.15) is 58.3 Å². The van der Waals surface area contributed by atoms with Crippen LogP contribution >= 0.6 is 0 Å². The number of Topliss-reactive ketones (excluding diaryl/α,β-unsaturated/α-hetero) is 1. The second kappa shape index (κ2) is 10.8. The van der Waals surface area contributed by atoms with Crippen molar-refractivity contribution in [3.05, 3.63) is 76.2 Å². The van der Waals surface area contributed by atoms with E-state index in [4.69, 9.17) is 4.52 Å². The molecule has 1 saturated heterocycles. The van der Waals surface area contributed by atoms with Gasteiger partial charge in [0.05, 0.1) is 5.92 Å². The summed E-state index contributed by atoms with van der Waals surface area (Å²) in [6.45, 7) is 7.43. The van der Waals surface area contributed by atoms with E-state index in [9.17, 15) is 18.0 Å². The Balaban J connectivity index is 1.52. The second-order valence-corrected chi connectivity index (χ2v) is 11.4. The van der Waals surface area contributed by atoms with E-state index in [1.54, 1.807) is 37.3 Å². The van der Waals surface area contributed by atoms with Crippen LogP contribution in [0.15, 0.2) is 51.9 Å². The highest BCUT2D eigenvalue weighted by atomic mass is 32.2. The number of carbonyl (C=O) groups is 2. The zero-order valence-electron chi connectivity index (χ0n) is 21.4. The zero-order chi connectivity index (χ0) is 26.7. The van der Waals surface area contributed by atoms with Gasteiger partial charge in [0, 0.05) is 24.3 Å². The third-order valence-electron chi connectivity index (χ3n) is 6.59. The summed E-state index contributed by atoms with van der Waals surface area (Å²) in [7, 11) is -3.95. The molecule has 1 amide bonds. The molecule has 0 spiro atoms. The number of nitrogens with zero attached hydrogens (tertiary/aromatic N) is 2. The molecule has 1 N–H and O–H groups in total. The van der Waals surface area contributed by atoms with Gasteiger partial charge in [-0.3, -0.25) is 9.59 Å². The van der Waals surface area contributed by atoms with Crippen molar-refractivity contribution in [1.29, 1.82) is 0 Å². The molecule has 1 aliphatic rings. The van der Waals surface area contributed by atoms with Gasteiger partial charge in [-0.2, -0.15) is 4.31 Å². The van der Waals surface area contributed by atoms with Gasteiger partial charge in [0.25, 0.3) is 0 Å². The number of piperidine rings is 1. The van der Waals surface area contributed by atoms with Crippen molar-refractivity contribution in [3.63, 3.8) is 0 Å². The van der Waals surface area contributed by atoms with Gasteiger partial charge in [-0.1, -0.05) is 35.0 Å². The van der Waals surface area contributed by atoms with E-state index in [-0.39, 0.29) is 34.6 Å². The third kappa shape index (κ3) is 5.89. The smallest absolute Gasteiger partial charge is 0.248 e. The SMILES string of the molecule is CC(=O)c1ccc(NC(=O)[C@H]2CCCN(S(=O)(=O)c3c(C)noc3/C=C/c3cc(C)ccc3C)C2)cc1. The fraction of sp³-hybridized carbons (Fsp3) is 0.321. The van der Waals surface area contributed by atoms with E-state index >= 15 is 0 Å². The number of hydrogen-bond acceptors (Lipinski definition) is 6. The minimum atomic E-state index is -3.95. The molecule has 1 fully saturated rings. The number of aromatic nitrogens is 1. The van der Waals surface area contributed by atoms with Crippen molar-refractivity contribution in [2.24, 2.45) is 5.92 Å². The molecule has 1 aliphatic heterocycles. The van der Waals surface area contributed by atoms with E-state index in [1.165, 1.54) is 11.2 Å². The molecule has 3 aromatic rings. The summed E-state index contributed by atoms with van der Waals surface area (Å²) in [4.78, 5) is 24.5. The quantitative estimate of drug-likeness (QED) is 0.438. The molecule has 194 valence electrons. The van der Waals surface area contributed by atoms with Crippen molar-refractivity contribution in [2.75, 3.05) is 18.4 Å². The number of amides is 1. The molecule has 0 aliphatic carbocycles. The maximum Gasteiger partial charge on any atom is 0.248 e. The minimum Gasteiger partial charge on any atom is -0.355 e. The van der Waals surface area contributed by atoms with E-state index < -0.39 is 15.9 Å². The number of benzene rings is 2.